The average Bonchev–Trinajstić information content (AvgIpc) is 2.36. The van der Waals surface area contributed by atoms with E-state index in [1.54, 1.807) is 12.1 Å². The molecule has 0 atom stereocenters. The second-order valence-corrected chi connectivity index (χ2v) is 3.78. The van der Waals surface area contributed by atoms with Gasteiger partial charge in [0, 0.05) is 6.54 Å². The van der Waals surface area contributed by atoms with Gasteiger partial charge in [-0.2, -0.15) is 0 Å². The zero-order valence-corrected chi connectivity index (χ0v) is 10.0. The van der Waals surface area contributed by atoms with E-state index in [2.05, 4.69) is 5.32 Å². The Kier molecular flexibility index (Phi) is 5.72. The van der Waals surface area contributed by atoms with Crippen molar-refractivity contribution in [2.45, 2.75) is 12.8 Å². The Morgan fingerprint density at radius 2 is 2.00 bits per heavy atom. The molecule has 0 aliphatic heterocycles. The van der Waals surface area contributed by atoms with E-state index in [4.69, 9.17) is 5.11 Å². The minimum Gasteiger partial charge on any atom is -0.478 e. The Labute approximate surface area is 108 Å². The summed E-state index contributed by atoms with van der Waals surface area (Å²) in [5.41, 5.74) is 0.911. The molecule has 1 aromatic carbocycles. The smallest absolute Gasteiger partial charge is 0.335 e. The van der Waals surface area contributed by atoms with E-state index in [-0.39, 0.29) is 12.1 Å². The number of aromatic carboxylic acids is 1. The molecule has 0 spiro atoms. The van der Waals surface area contributed by atoms with Gasteiger partial charge in [0.1, 0.15) is 0 Å². The highest BCUT2D eigenvalue weighted by molar-refractivity contribution is 5.87. The van der Waals surface area contributed by atoms with Gasteiger partial charge in [-0.15, -0.1) is 0 Å². The largest absolute Gasteiger partial charge is 0.478 e. The van der Waals surface area contributed by atoms with Crippen molar-refractivity contribution in [3.05, 3.63) is 35.4 Å². The minimum atomic E-state index is -2.59. The summed E-state index contributed by atoms with van der Waals surface area (Å²) in [5, 5.41) is 13.2. The fourth-order valence-electron chi connectivity index (χ4n) is 1.41. The molecule has 0 aliphatic carbocycles. The van der Waals surface area contributed by atoms with Crippen LogP contribution in [-0.4, -0.2) is 36.6 Å². The number of benzene rings is 1. The molecule has 1 aromatic rings. The van der Waals surface area contributed by atoms with Gasteiger partial charge in [-0.3, -0.25) is 0 Å². The van der Waals surface area contributed by atoms with Crippen LogP contribution in [0.4, 0.5) is 13.6 Å². The van der Waals surface area contributed by atoms with Gasteiger partial charge in [0.05, 0.1) is 12.1 Å². The third kappa shape index (κ3) is 5.80. The van der Waals surface area contributed by atoms with E-state index in [1.165, 1.54) is 12.1 Å². The molecule has 1 rings (SSSR count). The Hall–Kier alpha value is -2.18. The van der Waals surface area contributed by atoms with Crippen LogP contribution in [0.15, 0.2) is 24.3 Å². The molecular formula is C12H14F2N2O3. The number of alkyl halides is 2. The number of hydrogen-bond donors (Lipinski definition) is 3. The summed E-state index contributed by atoms with van der Waals surface area (Å²) in [6, 6.07) is 5.63. The second kappa shape index (κ2) is 7.30. The first kappa shape index (κ1) is 14.9. The van der Waals surface area contributed by atoms with Crippen LogP contribution in [0.3, 0.4) is 0 Å². The van der Waals surface area contributed by atoms with Gasteiger partial charge >= 0.3 is 12.0 Å². The first-order valence-electron chi connectivity index (χ1n) is 5.61. The van der Waals surface area contributed by atoms with Crippen LogP contribution in [0, 0.1) is 0 Å². The van der Waals surface area contributed by atoms with Gasteiger partial charge in [0.2, 0.25) is 0 Å². The number of carbonyl (C=O) groups is 2. The first-order valence-corrected chi connectivity index (χ1v) is 5.61. The highest BCUT2D eigenvalue weighted by Crippen LogP contribution is 2.05. The van der Waals surface area contributed by atoms with Crippen LogP contribution in [0.1, 0.15) is 15.9 Å². The molecule has 104 valence electrons. The van der Waals surface area contributed by atoms with Gasteiger partial charge < -0.3 is 15.7 Å². The fraction of sp³-hybridized carbons (Fsp3) is 0.333. The Morgan fingerprint density at radius 1 is 1.26 bits per heavy atom. The SMILES string of the molecule is O=C(NCCc1cccc(C(=O)O)c1)NCC(F)F. The minimum absolute atomic E-state index is 0.166. The van der Waals surface area contributed by atoms with E-state index in [0.717, 1.165) is 5.56 Å². The second-order valence-electron chi connectivity index (χ2n) is 3.78. The lowest BCUT2D eigenvalue weighted by atomic mass is 10.1. The van der Waals surface area contributed by atoms with Crippen molar-refractivity contribution >= 4 is 12.0 Å². The topological polar surface area (TPSA) is 78.4 Å². The molecule has 3 N–H and O–H groups in total. The molecule has 2 amide bonds. The molecule has 0 aromatic heterocycles. The van der Waals surface area contributed by atoms with Crippen molar-refractivity contribution in [3.63, 3.8) is 0 Å². The summed E-state index contributed by atoms with van der Waals surface area (Å²) in [5.74, 6) is -1.02. The van der Waals surface area contributed by atoms with Crippen LogP contribution in [-0.2, 0) is 6.42 Å². The Bertz CT molecular complexity index is 452. The van der Waals surface area contributed by atoms with Crippen LogP contribution < -0.4 is 10.6 Å². The monoisotopic (exact) mass is 272 g/mol. The molecule has 0 saturated carbocycles. The maximum Gasteiger partial charge on any atom is 0.335 e. The molecule has 19 heavy (non-hydrogen) atoms. The number of rotatable bonds is 6. The summed E-state index contributed by atoms with van der Waals surface area (Å²) in [7, 11) is 0. The summed E-state index contributed by atoms with van der Waals surface area (Å²) in [6.45, 7) is -0.460. The molecule has 0 heterocycles. The van der Waals surface area contributed by atoms with Gasteiger partial charge in [0.15, 0.2) is 0 Å². The fourth-order valence-corrected chi connectivity index (χ4v) is 1.41. The van der Waals surface area contributed by atoms with Crippen LogP contribution in [0.2, 0.25) is 0 Å². The van der Waals surface area contributed by atoms with Crippen LogP contribution in [0.5, 0.6) is 0 Å². The lowest BCUT2D eigenvalue weighted by Gasteiger charge is -2.07. The van der Waals surface area contributed by atoms with Crippen molar-refractivity contribution in [2.75, 3.05) is 13.1 Å². The Morgan fingerprint density at radius 3 is 2.63 bits per heavy atom. The number of urea groups is 1. The molecule has 0 saturated heterocycles. The number of amides is 2. The van der Waals surface area contributed by atoms with Gasteiger partial charge in [-0.25, -0.2) is 18.4 Å². The zero-order valence-electron chi connectivity index (χ0n) is 10.0. The highest BCUT2D eigenvalue weighted by atomic mass is 19.3. The predicted octanol–water partition coefficient (Wildman–Crippen LogP) is 1.49. The third-order valence-corrected chi connectivity index (χ3v) is 2.29. The standard InChI is InChI=1S/C12H14F2N2O3/c13-10(14)7-16-12(19)15-5-4-8-2-1-3-9(6-8)11(17)18/h1-3,6,10H,4-5,7H2,(H,17,18)(H2,15,16,19). The lowest BCUT2D eigenvalue weighted by Crippen LogP contribution is -2.38. The average molecular weight is 272 g/mol. The number of carbonyl (C=O) groups excluding carboxylic acids is 1. The van der Waals surface area contributed by atoms with Crippen molar-refractivity contribution < 1.29 is 23.5 Å². The summed E-state index contributed by atoms with van der Waals surface area (Å²) in [4.78, 5) is 21.8. The maximum absolute atomic E-state index is 11.8. The van der Waals surface area contributed by atoms with Crippen molar-refractivity contribution in [3.8, 4) is 0 Å². The van der Waals surface area contributed by atoms with E-state index in [0.29, 0.717) is 6.42 Å². The molecule has 0 aliphatic rings. The number of nitrogens with one attached hydrogen (secondary N) is 2. The number of carboxylic acid groups (broad SMARTS) is 1. The van der Waals surface area contributed by atoms with Gasteiger partial charge in [-0.1, -0.05) is 12.1 Å². The number of hydrogen-bond acceptors (Lipinski definition) is 2. The van der Waals surface area contributed by atoms with Crippen LogP contribution >= 0.6 is 0 Å². The maximum atomic E-state index is 11.8. The highest BCUT2D eigenvalue weighted by Gasteiger charge is 2.06. The summed E-state index contributed by atoms with van der Waals surface area (Å²) in [6.07, 6.45) is -2.17. The lowest BCUT2D eigenvalue weighted by molar-refractivity contribution is 0.0696. The third-order valence-electron chi connectivity index (χ3n) is 2.29. The molecule has 5 nitrogen and oxygen atoms in total. The number of halogens is 2. The molecule has 0 radical (unpaired) electrons. The number of carboxylic acids is 1. The molecule has 0 fully saturated rings. The predicted molar refractivity (Wildman–Crippen MR) is 64.5 cm³/mol. The molecule has 7 heteroatoms. The van der Waals surface area contributed by atoms with E-state index < -0.39 is 25.0 Å². The van der Waals surface area contributed by atoms with Crippen molar-refractivity contribution in [1.82, 2.24) is 10.6 Å². The zero-order chi connectivity index (χ0) is 14.3. The van der Waals surface area contributed by atoms with Gasteiger partial charge in [-0.05, 0) is 24.1 Å². The summed E-state index contributed by atoms with van der Waals surface area (Å²) >= 11 is 0. The van der Waals surface area contributed by atoms with Crippen LogP contribution in [0.25, 0.3) is 0 Å². The van der Waals surface area contributed by atoms with E-state index in [9.17, 15) is 18.4 Å². The van der Waals surface area contributed by atoms with Crippen molar-refractivity contribution in [1.29, 1.82) is 0 Å². The van der Waals surface area contributed by atoms with Crippen molar-refractivity contribution in [2.24, 2.45) is 0 Å². The van der Waals surface area contributed by atoms with E-state index >= 15 is 0 Å². The first-order chi connectivity index (χ1) is 8.99. The normalized spacial score (nSPS) is 10.3. The quantitative estimate of drug-likeness (QED) is 0.734. The van der Waals surface area contributed by atoms with E-state index in [1.807, 2.05) is 5.32 Å². The van der Waals surface area contributed by atoms with Gasteiger partial charge in [0.25, 0.3) is 6.43 Å². The molecule has 0 bridgehead atoms. The molecule has 0 unspecified atom stereocenters. The Balaban J connectivity index is 2.35. The molecular weight excluding hydrogens is 258 g/mol. The summed E-state index contributed by atoms with van der Waals surface area (Å²) < 4.78 is 23.6.